The molecule has 0 saturated carbocycles. The number of amides is 1. The van der Waals surface area contributed by atoms with Gasteiger partial charge in [-0.3, -0.25) is 4.79 Å². The van der Waals surface area contributed by atoms with Crippen LogP contribution in [-0.2, 0) is 4.79 Å². The Bertz CT molecular complexity index is 447. The number of benzene rings is 1. The van der Waals surface area contributed by atoms with Crippen molar-refractivity contribution in [3.63, 3.8) is 0 Å². The Kier molecular flexibility index (Phi) is 5.86. The minimum atomic E-state index is 0.156. The van der Waals surface area contributed by atoms with E-state index in [1.165, 1.54) is 0 Å². The highest BCUT2D eigenvalue weighted by Gasteiger charge is 2.21. The summed E-state index contributed by atoms with van der Waals surface area (Å²) in [6, 6.07) is 8.05. The van der Waals surface area contributed by atoms with Crippen molar-refractivity contribution < 1.29 is 9.53 Å². The lowest BCUT2D eigenvalue weighted by Crippen LogP contribution is -2.44. The van der Waals surface area contributed by atoms with Crippen LogP contribution in [0.2, 0.25) is 0 Å². The molecule has 1 amide bonds. The molecule has 1 aromatic carbocycles. The van der Waals surface area contributed by atoms with Crippen LogP contribution in [0, 0.1) is 0 Å². The van der Waals surface area contributed by atoms with E-state index < -0.39 is 0 Å². The van der Waals surface area contributed by atoms with E-state index >= 15 is 0 Å². The predicted molar refractivity (Wildman–Crippen MR) is 82.9 cm³/mol. The molecule has 4 nitrogen and oxygen atoms in total. The largest absolute Gasteiger partial charge is 0.492 e. The molecular formula is C15H21BrN2O2. The second-order valence-electron chi connectivity index (χ2n) is 5.01. The maximum absolute atomic E-state index is 12.1. The predicted octanol–water partition coefficient (Wildman–Crippen LogP) is 2.43. The van der Waals surface area contributed by atoms with E-state index in [-0.39, 0.29) is 5.91 Å². The van der Waals surface area contributed by atoms with E-state index in [2.05, 4.69) is 21.2 Å². The lowest BCUT2D eigenvalue weighted by atomic mass is 10.1. The molecule has 0 aliphatic carbocycles. The summed E-state index contributed by atoms with van der Waals surface area (Å²) in [5, 5.41) is 3.31. The number of carbonyl (C=O) groups excluding carboxylic acids is 1. The Balaban J connectivity index is 1.76. The molecule has 20 heavy (non-hydrogen) atoms. The second kappa shape index (κ2) is 7.64. The molecule has 0 spiro atoms. The standard InChI is InChI=1S/C15H21BrN2O2/c1-18(12-6-9-17-10-7-12)15(19)8-11-20-14-5-3-2-4-13(14)16/h2-5,12,17H,6-11H2,1H3. The highest BCUT2D eigenvalue weighted by molar-refractivity contribution is 9.10. The van der Waals surface area contributed by atoms with Gasteiger partial charge in [-0.05, 0) is 54.0 Å². The average Bonchev–Trinajstić information content (AvgIpc) is 2.49. The van der Waals surface area contributed by atoms with E-state index in [1.807, 2.05) is 36.2 Å². The summed E-state index contributed by atoms with van der Waals surface area (Å²) in [6.45, 7) is 2.41. The first-order chi connectivity index (χ1) is 9.68. The smallest absolute Gasteiger partial charge is 0.225 e. The van der Waals surface area contributed by atoms with Gasteiger partial charge in [-0.25, -0.2) is 0 Å². The minimum Gasteiger partial charge on any atom is -0.492 e. The number of nitrogens with zero attached hydrogens (tertiary/aromatic N) is 1. The van der Waals surface area contributed by atoms with Crippen LogP contribution in [0.15, 0.2) is 28.7 Å². The summed E-state index contributed by atoms with van der Waals surface area (Å²) in [6.07, 6.45) is 2.49. The molecule has 1 aromatic rings. The normalized spacial score (nSPS) is 15.9. The number of hydrogen-bond donors (Lipinski definition) is 1. The first-order valence-corrected chi connectivity index (χ1v) is 7.81. The van der Waals surface area contributed by atoms with Gasteiger partial charge in [0.15, 0.2) is 0 Å². The Morgan fingerprint density at radius 1 is 1.40 bits per heavy atom. The highest BCUT2D eigenvalue weighted by Crippen LogP contribution is 2.23. The molecular weight excluding hydrogens is 320 g/mol. The van der Waals surface area contributed by atoms with Gasteiger partial charge in [-0.1, -0.05) is 12.1 Å². The topological polar surface area (TPSA) is 41.6 Å². The van der Waals surface area contributed by atoms with E-state index in [9.17, 15) is 4.79 Å². The van der Waals surface area contributed by atoms with Crippen LogP contribution < -0.4 is 10.1 Å². The quantitative estimate of drug-likeness (QED) is 0.894. The van der Waals surface area contributed by atoms with Gasteiger partial charge < -0.3 is 15.0 Å². The van der Waals surface area contributed by atoms with Crippen LogP contribution in [0.3, 0.4) is 0 Å². The first kappa shape index (κ1) is 15.3. The minimum absolute atomic E-state index is 0.156. The van der Waals surface area contributed by atoms with Gasteiger partial charge in [0, 0.05) is 13.1 Å². The van der Waals surface area contributed by atoms with Gasteiger partial charge in [-0.15, -0.1) is 0 Å². The van der Waals surface area contributed by atoms with Crippen molar-refractivity contribution in [2.24, 2.45) is 0 Å². The molecule has 5 heteroatoms. The van der Waals surface area contributed by atoms with Crippen molar-refractivity contribution in [3.05, 3.63) is 28.7 Å². The summed E-state index contributed by atoms with van der Waals surface area (Å²) in [5.74, 6) is 0.939. The van der Waals surface area contributed by atoms with Crippen LogP contribution in [-0.4, -0.2) is 43.6 Å². The van der Waals surface area contributed by atoms with E-state index in [1.54, 1.807) is 0 Å². The molecule has 1 aliphatic heterocycles. The third-order valence-electron chi connectivity index (χ3n) is 3.66. The molecule has 0 radical (unpaired) electrons. The maximum atomic E-state index is 12.1. The summed E-state index contributed by atoms with van der Waals surface area (Å²) in [4.78, 5) is 14.0. The molecule has 0 aromatic heterocycles. The fraction of sp³-hybridized carbons (Fsp3) is 0.533. The summed E-state index contributed by atoms with van der Waals surface area (Å²) in [5.41, 5.74) is 0. The monoisotopic (exact) mass is 340 g/mol. The van der Waals surface area contributed by atoms with Gasteiger partial charge in [0.1, 0.15) is 5.75 Å². The third kappa shape index (κ3) is 4.21. The van der Waals surface area contributed by atoms with Gasteiger partial charge in [-0.2, -0.15) is 0 Å². The molecule has 1 saturated heterocycles. The van der Waals surface area contributed by atoms with Crippen LogP contribution in [0.1, 0.15) is 19.3 Å². The summed E-state index contributed by atoms with van der Waals surface area (Å²) < 4.78 is 6.55. The molecule has 0 bridgehead atoms. The van der Waals surface area contributed by atoms with Crippen LogP contribution >= 0.6 is 15.9 Å². The van der Waals surface area contributed by atoms with E-state index in [0.29, 0.717) is 19.1 Å². The molecule has 0 atom stereocenters. The number of halogens is 1. The molecule has 1 fully saturated rings. The second-order valence-corrected chi connectivity index (χ2v) is 5.87. The fourth-order valence-corrected chi connectivity index (χ4v) is 2.78. The van der Waals surface area contributed by atoms with Crippen molar-refractivity contribution in [2.75, 3.05) is 26.7 Å². The Morgan fingerprint density at radius 3 is 2.80 bits per heavy atom. The lowest BCUT2D eigenvalue weighted by Gasteiger charge is -2.31. The van der Waals surface area contributed by atoms with Crippen molar-refractivity contribution in [3.8, 4) is 5.75 Å². The number of para-hydroxylation sites is 1. The third-order valence-corrected chi connectivity index (χ3v) is 4.32. The Morgan fingerprint density at radius 2 is 2.10 bits per heavy atom. The zero-order valence-corrected chi connectivity index (χ0v) is 13.4. The zero-order valence-electron chi connectivity index (χ0n) is 11.8. The van der Waals surface area contributed by atoms with Gasteiger partial charge in [0.05, 0.1) is 17.5 Å². The lowest BCUT2D eigenvalue weighted by molar-refractivity contribution is -0.132. The summed E-state index contributed by atoms with van der Waals surface area (Å²) >= 11 is 3.43. The maximum Gasteiger partial charge on any atom is 0.225 e. The number of hydrogen-bond acceptors (Lipinski definition) is 3. The average molecular weight is 341 g/mol. The molecule has 1 heterocycles. The molecule has 2 rings (SSSR count). The van der Waals surface area contributed by atoms with Crippen LogP contribution in [0.25, 0.3) is 0 Å². The van der Waals surface area contributed by atoms with E-state index in [4.69, 9.17) is 4.74 Å². The van der Waals surface area contributed by atoms with Crippen molar-refractivity contribution in [1.29, 1.82) is 0 Å². The molecule has 1 N–H and O–H groups in total. The Labute approximate surface area is 128 Å². The van der Waals surface area contributed by atoms with Gasteiger partial charge >= 0.3 is 0 Å². The number of rotatable bonds is 5. The first-order valence-electron chi connectivity index (χ1n) is 7.02. The van der Waals surface area contributed by atoms with Crippen LogP contribution in [0.5, 0.6) is 5.75 Å². The Hall–Kier alpha value is -1.07. The molecule has 1 aliphatic rings. The van der Waals surface area contributed by atoms with Gasteiger partial charge in [0.25, 0.3) is 0 Å². The van der Waals surface area contributed by atoms with Gasteiger partial charge in [0.2, 0.25) is 5.91 Å². The number of ether oxygens (including phenoxy) is 1. The van der Waals surface area contributed by atoms with Crippen molar-refractivity contribution in [1.82, 2.24) is 10.2 Å². The van der Waals surface area contributed by atoms with Crippen LogP contribution in [0.4, 0.5) is 0 Å². The SMILES string of the molecule is CN(C(=O)CCOc1ccccc1Br)C1CCNCC1. The van der Waals surface area contributed by atoms with Crippen molar-refractivity contribution in [2.45, 2.75) is 25.3 Å². The fourth-order valence-electron chi connectivity index (χ4n) is 2.38. The number of nitrogens with one attached hydrogen (secondary N) is 1. The highest BCUT2D eigenvalue weighted by atomic mass is 79.9. The number of carbonyl (C=O) groups is 1. The zero-order chi connectivity index (χ0) is 14.4. The van der Waals surface area contributed by atoms with E-state index in [0.717, 1.165) is 36.2 Å². The summed E-state index contributed by atoms with van der Waals surface area (Å²) in [7, 11) is 1.90. The van der Waals surface area contributed by atoms with Crippen molar-refractivity contribution >= 4 is 21.8 Å². The molecule has 0 unspecified atom stereocenters. The molecule has 110 valence electrons. The number of piperidine rings is 1.